The number of benzene rings is 3. The lowest BCUT2D eigenvalue weighted by atomic mass is 9.95. The molecule has 3 aromatic carbocycles. The summed E-state index contributed by atoms with van der Waals surface area (Å²) < 4.78 is 10.4. The van der Waals surface area contributed by atoms with Crippen molar-refractivity contribution >= 4 is 22.6 Å². The molecular formula is C27H31NO4. The molecule has 3 aromatic rings. The van der Waals surface area contributed by atoms with Gasteiger partial charge in [0.05, 0.1) is 19.8 Å². The van der Waals surface area contributed by atoms with Crippen LogP contribution in [0, 0.1) is 0 Å². The molecule has 0 saturated heterocycles. The Balaban J connectivity index is 1.97. The van der Waals surface area contributed by atoms with E-state index in [1.54, 1.807) is 19.2 Å². The molecule has 168 valence electrons. The summed E-state index contributed by atoms with van der Waals surface area (Å²) in [5.74, 6) is 0.304. The van der Waals surface area contributed by atoms with Crippen molar-refractivity contribution in [2.75, 3.05) is 27.3 Å². The van der Waals surface area contributed by atoms with E-state index in [0.29, 0.717) is 29.8 Å². The molecule has 5 heteroatoms. The van der Waals surface area contributed by atoms with Crippen molar-refractivity contribution in [1.29, 1.82) is 0 Å². The molecule has 0 bridgehead atoms. The van der Waals surface area contributed by atoms with Gasteiger partial charge in [0, 0.05) is 25.1 Å². The molecule has 0 aliphatic heterocycles. The molecule has 0 spiro atoms. The van der Waals surface area contributed by atoms with Crippen LogP contribution in [0.2, 0.25) is 0 Å². The Morgan fingerprint density at radius 3 is 2.38 bits per heavy atom. The molecule has 0 fully saturated rings. The van der Waals surface area contributed by atoms with E-state index >= 15 is 0 Å². The maximum Gasteiger partial charge on any atom is 0.337 e. The summed E-state index contributed by atoms with van der Waals surface area (Å²) in [5.41, 5.74) is 3.21. The van der Waals surface area contributed by atoms with Crippen molar-refractivity contribution in [3.05, 3.63) is 76.9 Å². The van der Waals surface area contributed by atoms with Gasteiger partial charge in [-0.2, -0.15) is 0 Å². The van der Waals surface area contributed by atoms with Gasteiger partial charge in [0.1, 0.15) is 5.75 Å². The molecule has 0 N–H and O–H groups in total. The van der Waals surface area contributed by atoms with Crippen LogP contribution >= 0.6 is 0 Å². The third kappa shape index (κ3) is 5.10. The quantitative estimate of drug-likeness (QED) is 0.419. The van der Waals surface area contributed by atoms with Gasteiger partial charge in [-0.1, -0.05) is 43.7 Å². The first-order chi connectivity index (χ1) is 15.5. The fourth-order valence-corrected chi connectivity index (χ4v) is 3.90. The van der Waals surface area contributed by atoms with Crippen LogP contribution in [-0.2, 0) is 11.2 Å². The van der Waals surface area contributed by atoms with Crippen LogP contribution in [0.4, 0.5) is 0 Å². The molecule has 5 nitrogen and oxygen atoms in total. The van der Waals surface area contributed by atoms with E-state index in [2.05, 4.69) is 19.1 Å². The van der Waals surface area contributed by atoms with Crippen LogP contribution in [-0.4, -0.2) is 44.1 Å². The maximum atomic E-state index is 13.1. The van der Waals surface area contributed by atoms with Crippen molar-refractivity contribution in [1.82, 2.24) is 4.90 Å². The van der Waals surface area contributed by atoms with Crippen LogP contribution in [0.25, 0.3) is 10.8 Å². The van der Waals surface area contributed by atoms with E-state index in [-0.39, 0.29) is 5.91 Å². The smallest absolute Gasteiger partial charge is 0.337 e. The number of carbonyl (C=O) groups excluding carboxylic acids is 2. The summed E-state index contributed by atoms with van der Waals surface area (Å²) in [6, 6.07) is 17.4. The van der Waals surface area contributed by atoms with Crippen LogP contribution in [0.3, 0.4) is 0 Å². The van der Waals surface area contributed by atoms with Gasteiger partial charge in [-0.15, -0.1) is 0 Å². The number of methoxy groups -OCH3 is 2. The van der Waals surface area contributed by atoms with E-state index in [1.807, 2.05) is 42.2 Å². The molecular weight excluding hydrogens is 402 g/mol. The number of unbranched alkanes of at least 4 members (excludes halogenated alkanes) is 1. The zero-order valence-corrected chi connectivity index (χ0v) is 19.3. The highest BCUT2D eigenvalue weighted by Gasteiger charge is 2.16. The lowest BCUT2D eigenvalue weighted by Crippen LogP contribution is -2.31. The molecule has 0 aromatic heterocycles. The van der Waals surface area contributed by atoms with E-state index < -0.39 is 5.97 Å². The Labute approximate surface area is 189 Å². The Bertz CT molecular complexity index is 1110. The molecule has 0 atom stereocenters. The van der Waals surface area contributed by atoms with Gasteiger partial charge in [0.2, 0.25) is 0 Å². The zero-order chi connectivity index (χ0) is 23.1. The second kappa shape index (κ2) is 10.8. The van der Waals surface area contributed by atoms with Crippen LogP contribution in [0.15, 0.2) is 54.6 Å². The van der Waals surface area contributed by atoms with E-state index in [1.165, 1.54) is 7.11 Å². The van der Waals surface area contributed by atoms with E-state index in [0.717, 1.165) is 41.3 Å². The summed E-state index contributed by atoms with van der Waals surface area (Å²) in [6.45, 7) is 5.62. The summed E-state index contributed by atoms with van der Waals surface area (Å²) in [4.78, 5) is 26.9. The summed E-state index contributed by atoms with van der Waals surface area (Å²) in [6.07, 6.45) is 2.68. The number of ether oxygens (including phenoxy) is 2. The Hall–Kier alpha value is -3.34. The van der Waals surface area contributed by atoms with Crippen molar-refractivity contribution < 1.29 is 19.1 Å². The third-order valence-electron chi connectivity index (χ3n) is 5.76. The van der Waals surface area contributed by atoms with Gasteiger partial charge < -0.3 is 14.4 Å². The number of fused-ring (bicyclic) bond motifs is 1. The maximum absolute atomic E-state index is 13.1. The molecule has 0 aliphatic rings. The number of rotatable bonds is 9. The first-order valence-corrected chi connectivity index (χ1v) is 11.1. The van der Waals surface area contributed by atoms with Gasteiger partial charge in [-0.3, -0.25) is 4.79 Å². The minimum absolute atomic E-state index is 0.0673. The number of nitrogens with zero attached hydrogens (tertiary/aromatic N) is 1. The normalized spacial score (nSPS) is 10.8. The van der Waals surface area contributed by atoms with Crippen molar-refractivity contribution in [2.45, 2.75) is 33.1 Å². The first kappa shape index (κ1) is 23.3. The lowest BCUT2D eigenvalue weighted by Gasteiger charge is -2.21. The predicted octanol–water partition coefficient (Wildman–Crippen LogP) is 5.49. The molecule has 0 saturated carbocycles. The molecule has 3 rings (SSSR count). The van der Waals surface area contributed by atoms with E-state index in [9.17, 15) is 9.59 Å². The van der Waals surface area contributed by atoms with Gasteiger partial charge in [0.15, 0.2) is 0 Å². The summed E-state index contributed by atoms with van der Waals surface area (Å²) in [5, 5.41) is 2.13. The zero-order valence-electron chi connectivity index (χ0n) is 19.3. The SMILES string of the molecule is CCCCN(CC)C(=O)c1ccc2cccc(Cc3ccc(C(=O)OC)cc3OC)c2c1. The second-order valence-electron chi connectivity index (χ2n) is 7.79. The molecule has 0 unspecified atom stereocenters. The molecule has 0 heterocycles. The second-order valence-corrected chi connectivity index (χ2v) is 7.79. The van der Waals surface area contributed by atoms with Crippen molar-refractivity contribution in [3.8, 4) is 5.75 Å². The van der Waals surface area contributed by atoms with Crippen LogP contribution < -0.4 is 4.74 Å². The highest BCUT2D eigenvalue weighted by atomic mass is 16.5. The molecule has 0 radical (unpaired) electrons. The standard InChI is InChI=1S/C27H31NO4/c1-5-7-15-28(6-2)26(29)22-13-11-19-9-8-10-20(24(19)17-22)16-21-12-14-23(27(30)32-4)18-25(21)31-3/h8-14,17-18H,5-7,15-16H2,1-4H3. The Morgan fingerprint density at radius 1 is 0.906 bits per heavy atom. The predicted molar refractivity (Wildman–Crippen MR) is 128 cm³/mol. The molecule has 1 amide bonds. The Kier molecular flexibility index (Phi) is 7.87. The lowest BCUT2D eigenvalue weighted by molar-refractivity contribution is 0.0600. The highest BCUT2D eigenvalue weighted by molar-refractivity contribution is 5.99. The number of hydrogen-bond acceptors (Lipinski definition) is 4. The minimum Gasteiger partial charge on any atom is -0.496 e. The number of carbonyl (C=O) groups is 2. The highest BCUT2D eigenvalue weighted by Crippen LogP contribution is 2.28. The van der Waals surface area contributed by atoms with Gasteiger partial charge in [-0.25, -0.2) is 4.79 Å². The van der Waals surface area contributed by atoms with Crippen molar-refractivity contribution in [2.24, 2.45) is 0 Å². The van der Waals surface area contributed by atoms with Gasteiger partial charge in [-0.05, 0) is 59.5 Å². The van der Waals surface area contributed by atoms with Crippen LogP contribution in [0.5, 0.6) is 5.75 Å². The summed E-state index contributed by atoms with van der Waals surface area (Å²) in [7, 11) is 2.95. The Morgan fingerprint density at radius 2 is 1.69 bits per heavy atom. The fourth-order valence-electron chi connectivity index (χ4n) is 3.90. The largest absolute Gasteiger partial charge is 0.496 e. The number of hydrogen-bond donors (Lipinski definition) is 0. The van der Waals surface area contributed by atoms with E-state index in [4.69, 9.17) is 9.47 Å². The average molecular weight is 434 g/mol. The monoisotopic (exact) mass is 433 g/mol. The topological polar surface area (TPSA) is 55.8 Å². The summed E-state index contributed by atoms with van der Waals surface area (Å²) >= 11 is 0. The molecule has 0 aliphatic carbocycles. The fraction of sp³-hybridized carbons (Fsp3) is 0.333. The van der Waals surface area contributed by atoms with Crippen molar-refractivity contribution in [3.63, 3.8) is 0 Å². The number of esters is 1. The third-order valence-corrected chi connectivity index (χ3v) is 5.76. The van der Waals surface area contributed by atoms with Gasteiger partial charge >= 0.3 is 5.97 Å². The first-order valence-electron chi connectivity index (χ1n) is 11.1. The van der Waals surface area contributed by atoms with Gasteiger partial charge in [0.25, 0.3) is 5.91 Å². The molecule has 32 heavy (non-hydrogen) atoms. The minimum atomic E-state index is -0.397. The van der Waals surface area contributed by atoms with Crippen LogP contribution in [0.1, 0.15) is 58.5 Å². The average Bonchev–Trinajstić information content (AvgIpc) is 2.84. The number of amides is 1.